The molecule has 0 unspecified atom stereocenters. The summed E-state index contributed by atoms with van der Waals surface area (Å²) in [6.45, 7) is -0.507. The Morgan fingerprint density at radius 1 is 1.10 bits per heavy atom. The summed E-state index contributed by atoms with van der Waals surface area (Å²) in [5.41, 5.74) is -0.672. The monoisotopic (exact) mass is 453 g/mol. The molecule has 2 atom stereocenters. The van der Waals surface area contributed by atoms with Crippen LogP contribution < -0.4 is 10.6 Å². The van der Waals surface area contributed by atoms with Crippen LogP contribution in [0.15, 0.2) is 5.83 Å². The summed E-state index contributed by atoms with van der Waals surface area (Å²) in [5, 5.41) is 13.0. The van der Waals surface area contributed by atoms with E-state index in [-0.39, 0.29) is 0 Å². The van der Waals surface area contributed by atoms with Crippen molar-refractivity contribution in [2.75, 3.05) is 17.2 Å². The molecule has 170 valence electrons. The fourth-order valence-corrected chi connectivity index (χ4v) is 2.52. The number of nitrogens with one attached hydrogen (secondary N) is 2. The highest BCUT2D eigenvalue weighted by molar-refractivity contribution is 5.66. The van der Waals surface area contributed by atoms with Crippen molar-refractivity contribution in [1.29, 1.82) is 0 Å². The van der Waals surface area contributed by atoms with Crippen LogP contribution in [0, 0.1) is 0 Å². The van der Waals surface area contributed by atoms with E-state index in [4.69, 9.17) is 0 Å². The fourth-order valence-electron chi connectivity index (χ4n) is 2.52. The molecule has 0 aromatic carbocycles. The van der Waals surface area contributed by atoms with Crippen LogP contribution in [0.5, 0.6) is 0 Å². The molecule has 1 aromatic rings. The number of hydrogen-bond donors (Lipinski definition) is 3. The quantitative estimate of drug-likeness (QED) is 0.564. The van der Waals surface area contributed by atoms with Gasteiger partial charge in [0.05, 0.1) is 0 Å². The Hall–Kier alpha value is -2.32. The number of aromatic nitrogens is 3. The lowest BCUT2D eigenvalue weighted by molar-refractivity contribution is -0.143. The first-order valence-electron chi connectivity index (χ1n) is 8.48. The molecule has 0 bridgehead atoms. The molecule has 6 nitrogen and oxygen atoms in total. The lowest BCUT2D eigenvalue weighted by atomic mass is 9.92. The summed E-state index contributed by atoms with van der Waals surface area (Å²) in [4.78, 5) is 10.4. The van der Waals surface area contributed by atoms with Gasteiger partial charge >= 0.3 is 12.4 Å². The second-order valence-corrected chi connectivity index (χ2v) is 6.41. The zero-order valence-corrected chi connectivity index (χ0v) is 15.2. The highest BCUT2D eigenvalue weighted by atomic mass is 19.4. The number of aliphatic hydroxyl groups excluding tert-OH is 1. The van der Waals surface area contributed by atoms with Gasteiger partial charge < -0.3 is 15.7 Å². The van der Waals surface area contributed by atoms with E-state index in [1.807, 2.05) is 5.32 Å². The molecule has 0 fully saturated rings. The predicted molar refractivity (Wildman–Crippen MR) is 86.3 cm³/mol. The maximum atomic E-state index is 14.2. The van der Waals surface area contributed by atoms with E-state index < -0.39 is 85.3 Å². The molecule has 0 radical (unpaired) electrons. The molecule has 0 aliphatic heterocycles. The highest BCUT2D eigenvalue weighted by Crippen LogP contribution is 2.41. The average molecular weight is 453 g/mol. The van der Waals surface area contributed by atoms with E-state index in [1.54, 1.807) is 5.32 Å². The molecule has 0 spiro atoms. The Kier molecular flexibility index (Phi) is 6.73. The second kappa shape index (κ2) is 8.43. The van der Waals surface area contributed by atoms with E-state index >= 15 is 0 Å². The first-order chi connectivity index (χ1) is 13.6. The van der Waals surface area contributed by atoms with Gasteiger partial charge in [-0.05, 0) is 12.8 Å². The van der Waals surface area contributed by atoms with Crippen LogP contribution in [0.3, 0.4) is 0 Å². The summed E-state index contributed by atoms with van der Waals surface area (Å²) >= 11 is 0. The van der Waals surface area contributed by atoms with Gasteiger partial charge in [0.25, 0.3) is 5.92 Å². The second-order valence-electron chi connectivity index (χ2n) is 6.41. The standard InChI is InChI=1S/C15H16F9N5O/c1-2-7(15(22,23)24)26-12-28-10(27-11(29-12)25-5-14(19,20)21)6-3-4-13(17,18)9(30)8(6)16/h7,9,30H,2-5H2,1H3,(H2,25,26,27,28,29)/t7-,9+/m1/s1. The molecule has 0 saturated heterocycles. The zero-order valence-electron chi connectivity index (χ0n) is 15.2. The molecule has 3 N–H and O–H groups in total. The lowest BCUT2D eigenvalue weighted by Crippen LogP contribution is -2.38. The van der Waals surface area contributed by atoms with Crippen molar-refractivity contribution >= 4 is 17.5 Å². The molecule has 1 aliphatic rings. The van der Waals surface area contributed by atoms with Crippen LogP contribution in [0.4, 0.5) is 51.4 Å². The van der Waals surface area contributed by atoms with Crippen LogP contribution >= 0.6 is 0 Å². The third-order valence-corrected chi connectivity index (χ3v) is 4.10. The van der Waals surface area contributed by atoms with Gasteiger partial charge in [-0.25, -0.2) is 13.2 Å². The van der Waals surface area contributed by atoms with Crippen molar-refractivity contribution < 1.29 is 44.6 Å². The minimum absolute atomic E-state index is 0.502. The average Bonchev–Trinajstić information content (AvgIpc) is 2.61. The molecular formula is C15H16F9N5O. The van der Waals surface area contributed by atoms with Gasteiger partial charge in [0, 0.05) is 12.0 Å². The van der Waals surface area contributed by atoms with E-state index in [9.17, 15) is 44.6 Å². The number of halogens is 9. The van der Waals surface area contributed by atoms with Gasteiger partial charge in [-0.2, -0.15) is 41.3 Å². The SMILES string of the molecule is CC[C@@H](Nc1nc(NCC(F)(F)F)nc(C2=C(F)[C@H](O)C(F)(F)CC2)n1)C(F)(F)F. The van der Waals surface area contributed by atoms with Crippen molar-refractivity contribution in [3.05, 3.63) is 11.7 Å². The molecule has 30 heavy (non-hydrogen) atoms. The van der Waals surface area contributed by atoms with Crippen LogP contribution in [0.2, 0.25) is 0 Å². The van der Waals surface area contributed by atoms with E-state index in [0.717, 1.165) is 6.92 Å². The molecule has 0 saturated carbocycles. The van der Waals surface area contributed by atoms with Crippen molar-refractivity contribution in [3.63, 3.8) is 0 Å². The molecule has 15 heteroatoms. The number of rotatable bonds is 6. The van der Waals surface area contributed by atoms with Gasteiger partial charge in [0.2, 0.25) is 11.9 Å². The topological polar surface area (TPSA) is 83.0 Å². The molecule has 2 rings (SSSR count). The summed E-state index contributed by atoms with van der Waals surface area (Å²) in [7, 11) is 0. The van der Waals surface area contributed by atoms with Gasteiger partial charge in [0.15, 0.2) is 11.9 Å². The summed E-state index contributed by atoms with van der Waals surface area (Å²) in [6.07, 6.45) is -14.6. The number of aliphatic hydroxyl groups is 1. The Balaban J connectivity index is 2.47. The van der Waals surface area contributed by atoms with E-state index in [2.05, 4.69) is 15.0 Å². The Morgan fingerprint density at radius 2 is 1.70 bits per heavy atom. The van der Waals surface area contributed by atoms with Crippen molar-refractivity contribution in [3.8, 4) is 0 Å². The zero-order chi connectivity index (χ0) is 22.9. The van der Waals surface area contributed by atoms with E-state index in [0.29, 0.717) is 0 Å². The molecule has 0 amide bonds. The maximum absolute atomic E-state index is 14.2. The Bertz CT molecular complexity index is 794. The summed E-state index contributed by atoms with van der Waals surface area (Å²) in [6, 6.07) is -2.19. The molecule has 1 aliphatic carbocycles. The van der Waals surface area contributed by atoms with Crippen LogP contribution in [-0.4, -0.2) is 57.0 Å². The number of hydrogen-bond acceptors (Lipinski definition) is 6. The lowest BCUT2D eigenvalue weighted by Gasteiger charge is -2.28. The normalized spacial score (nSPS) is 20.8. The van der Waals surface area contributed by atoms with Crippen molar-refractivity contribution in [2.24, 2.45) is 0 Å². The van der Waals surface area contributed by atoms with Gasteiger partial charge in [0.1, 0.15) is 18.4 Å². The van der Waals surface area contributed by atoms with Gasteiger partial charge in [-0.15, -0.1) is 0 Å². The first-order valence-corrected chi connectivity index (χ1v) is 8.48. The third-order valence-electron chi connectivity index (χ3n) is 4.10. The van der Waals surface area contributed by atoms with Crippen LogP contribution in [-0.2, 0) is 0 Å². The predicted octanol–water partition coefficient (Wildman–Crippen LogP) is 4.07. The molecule has 1 heterocycles. The number of alkyl halides is 8. The smallest absolute Gasteiger partial charge is 0.380 e. The van der Waals surface area contributed by atoms with Crippen molar-refractivity contribution in [1.82, 2.24) is 15.0 Å². The first kappa shape index (κ1) is 24.0. The van der Waals surface area contributed by atoms with E-state index in [1.165, 1.54) is 0 Å². The third kappa shape index (κ3) is 5.86. The Morgan fingerprint density at radius 3 is 2.23 bits per heavy atom. The molecular weight excluding hydrogens is 437 g/mol. The summed E-state index contributed by atoms with van der Waals surface area (Å²) < 4.78 is 117. The number of allylic oxidation sites excluding steroid dienone is 1. The Labute approximate surface area is 163 Å². The van der Waals surface area contributed by atoms with Gasteiger partial charge in [-0.1, -0.05) is 6.92 Å². The highest BCUT2D eigenvalue weighted by Gasteiger charge is 2.46. The van der Waals surface area contributed by atoms with Crippen LogP contribution in [0.25, 0.3) is 5.57 Å². The van der Waals surface area contributed by atoms with Crippen LogP contribution in [0.1, 0.15) is 32.0 Å². The molecule has 1 aromatic heterocycles. The largest absolute Gasteiger partial charge is 0.408 e. The summed E-state index contributed by atoms with van der Waals surface area (Å²) in [5.74, 6) is -8.01. The van der Waals surface area contributed by atoms with Crippen molar-refractivity contribution in [2.45, 2.75) is 56.6 Å². The number of nitrogens with zero attached hydrogens (tertiary/aromatic N) is 3. The minimum atomic E-state index is -4.77. The minimum Gasteiger partial charge on any atom is -0.380 e. The van der Waals surface area contributed by atoms with Gasteiger partial charge in [-0.3, -0.25) is 0 Å². The maximum Gasteiger partial charge on any atom is 0.408 e. The fraction of sp³-hybridized carbons (Fsp3) is 0.667. The number of anilines is 2.